The smallest absolute Gasteiger partial charge is 0.200 e. The van der Waals surface area contributed by atoms with Gasteiger partial charge in [0.2, 0.25) is 0 Å². The van der Waals surface area contributed by atoms with Crippen LogP contribution in [0.25, 0.3) is 0 Å². The molecule has 0 fully saturated rings. The number of carbonyl (C=O) groups excluding carboxylic acids is 1. The fraction of sp³-hybridized carbons (Fsp3) is 0.222. The molecule has 0 aliphatic carbocycles. The molecule has 2 rings (SSSR count). The van der Waals surface area contributed by atoms with Crippen LogP contribution >= 0.6 is 11.6 Å². The van der Waals surface area contributed by atoms with E-state index in [0.717, 1.165) is 16.7 Å². The summed E-state index contributed by atoms with van der Waals surface area (Å²) in [6, 6.07) is 10.6. The molecule has 0 bridgehead atoms. The van der Waals surface area contributed by atoms with Crippen LogP contribution in [-0.2, 0) is 0 Å². The predicted octanol–water partition coefficient (Wildman–Crippen LogP) is 4.40. The van der Waals surface area contributed by atoms with Gasteiger partial charge in [-0.15, -0.1) is 0 Å². The Labute approximate surface area is 135 Å². The molecule has 22 heavy (non-hydrogen) atoms. The van der Waals surface area contributed by atoms with Gasteiger partial charge < -0.3 is 4.74 Å². The summed E-state index contributed by atoms with van der Waals surface area (Å²) in [6.07, 6.45) is 0. The molecule has 4 heteroatoms. The number of ether oxygens (including phenoxy) is 1. The first-order valence-corrected chi connectivity index (χ1v) is 7.23. The number of hydrogen-bond donors (Lipinski definition) is 0. The average molecular weight is 314 g/mol. The summed E-state index contributed by atoms with van der Waals surface area (Å²) in [4.78, 5) is 12.3. The molecular formula is C18H16ClNO2. The van der Waals surface area contributed by atoms with Crippen LogP contribution in [0.2, 0.25) is 5.02 Å². The van der Waals surface area contributed by atoms with Crippen molar-refractivity contribution in [3.8, 4) is 11.8 Å². The largest absolute Gasteiger partial charge is 0.484 e. The lowest BCUT2D eigenvalue weighted by atomic mass is 9.98. The van der Waals surface area contributed by atoms with Gasteiger partial charge in [0.15, 0.2) is 12.4 Å². The van der Waals surface area contributed by atoms with Crippen molar-refractivity contribution in [3.05, 3.63) is 63.2 Å². The minimum absolute atomic E-state index is 0.0883. The lowest BCUT2D eigenvalue weighted by Crippen LogP contribution is -2.13. The molecule has 0 aromatic heterocycles. The number of ketones is 1. The van der Waals surface area contributed by atoms with Crippen molar-refractivity contribution < 1.29 is 9.53 Å². The highest BCUT2D eigenvalue weighted by atomic mass is 35.5. The predicted molar refractivity (Wildman–Crippen MR) is 86.6 cm³/mol. The first kappa shape index (κ1) is 16.1. The number of hydrogen-bond acceptors (Lipinski definition) is 3. The van der Waals surface area contributed by atoms with Gasteiger partial charge in [0.25, 0.3) is 0 Å². The first-order chi connectivity index (χ1) is 10.4. The molecule has 0 saturated heterocycles. The van der Waals surface area contributed by atoms with Gasteiger partial charge in [-0.2, -0.15) is 5.26 Å². The highest BCUT2D eigenvalue weighted by Crippen LogP contribution is 2.25. The molecule has 0 N–H and O–H groups in total. The zero-order chi connectivity index (χ0) is 16.3. The summed E-state index contributed by atoms with van der Waals surface area (Å²) < 4.78 is 5.49. The Morgan fingerprint density at radius 2 is 1.82 bits per heavy atom. The van der Waals surface area contributed by atoms with Gasteiger partial charge in [-0.1, -0.05) is 17.7 Å². The number of aryl methyl sites for hydroxylation is 3. The number of halogens is 1. The molecule has 0 spiro atoms. The van der Waals surface area contributed by atoms with Crippen LogP contribution in [-0.4, -0.2) is 12.4 Å². The van der Waals surface area contributed by atoms with Crippen LogP contribution in [0.1, 0.15) is 32.6 Å². The second-order valence-electron chi connectivity index (χ2n) is 5.22. The van der Waals surface area contributed by atoms with E-state index < -0.39 is 0 Å². The van der Waals surface area contributed by atoms with E-state index in [-0.39, 0.29) is 12.4 Å². The van der Waals surface area contributed by atoms with E-state index in [4.69, 9.17) is 21.6 Å². The summed E-state index contributed by atoms with van der Waals surface area (Å²) in [5.41, 5.74) is 4.28. The molecule has 0 radical (unpaired) electrons. The highest BCUT2D eigenvalue weighted by Gasteiger charge is 2.12. The van der Waals surface area contributed by atoms with Crippen molar-refractivity contribution in [3.63, 3.8) is 0 Å². The molecule has 2 aromatic rings. The summed E-state index contributed by atoms with van der Waals surface area (Å²) in [5.74, 6) is 0.302. The number of benzene rings is 2. The SMILES string of the molecule is Cc1cc(C)c(C(=O)COc2ccc(C#N)cc2Cl)cc1C. The molecule has 2 aromatic carbocycles. The monoisotopic (exact) mass is 313 g/mol. The summed E-state index contributed by atoms with van der Waals surface area (Å²) >= 11 is 6.03. The van der Waals surface area contributed by atoms with Crippen LogP contribution in [0, 0.1) is 32.1 Å². The topological polar surface area (TPSA) is 50.1 Å². The second-order valence-corrected chi connectivity index (χ2v) is 5.63. The van der Waals surface area contributed by atoms with Gasteiger partial charge in [-0.3, -0.25) is 4.79 Å². The molecule has 0 atom stereocenters. The Bertz CT molecular complexity index is 775. The minimum Gasteiger partial charge on any atom is -0.484 e. The molecule has 0 heterocycles. The summed E-state index contributed by atoms with van der Waals surface area (Å²) in [5, 5.41) is 9.12. The van der Waals surface area contributed by atoms with Crippen molar-refractivity contribution in [2.24, 2.45) is 0 Å². The molecule has 0 aliphatic rings. The van der Waals surface area contributed by atoms with E-state index in [1.54, 1.807) is 12.1 Å². The second kappa shape index (κ2) is 6.64. The zero-order valence-corrected chi connectivity index (χ0v) is 13.5. The third-order valence-corrected chi connectivity index (χ3v) is 3.86. The Morgan fingerprint density at radius 1 is 1.14 bits per heavy atom. The molecule has 0 unspecified atom stereocenters. The van der Waals surface area contributed by atoms with Crippen LogP contribution in [0.4, 0.5) is 0 Å². The fourth-order valence-electron chi connectivity index (χ4n) is 2.17. The zero-order valence-electron chi connectivity index (χ0n) is 12.7. The van der Waals surface area contributed by atoms with Crippen molar-refractivity contribution in [1.82, 2.24) is 0 Å². The lowest BCUT2D eigenvalue weighted by Gasteiger charge is -2.11. The van der Waals surface area contributed by atoms with E-state index in [9.17, 15) is 4.79 Å². The Hall–Kier alpha value is -2.31. The van der Waals surface area contributed by atoms with E-state index in [2.05, 4.69) is 0 Å². The van der Waals surface area contributed by atoms with Gasteiger partial charge in [-0.25, -0.2) is 0 Å². The van der Waals surface area contributed by atoms with Crippen LogP contribution in [0.5, 0.6) is 5.75 Å². The maximum atomic E-state index is 12.3. The molecule has 3 nitrogen and oxygen atoms in total. The standard InChI is InChI=1S/C18H16ClNO2/c1-11-6-13(3)15(7-12(11)2)17(21)10-22-18-5-4-14(9-20)8-16(18)19/h4-8H,10H2,1-3H3. The van der Waals surface area contributed by atoms with E-state index >= 15 is 0 Å². The first-order valence-electron chi connectivity index (χ1n) is 6.86. The van der Waals surface area contributed by atoms with Crippen LogP contribution in [0.3, 0.4) is 0 Å². The lowest BCUT2D eigenvalue weighted by molar-refractivity contribution is 0.0921. The van der Waals surface area contributed by atoms with Gasteiger partial charge in [0.1, 0.15) is 5.75 Å². The van der Waals surface area contributed by atoms with Crippen LogP contribution in [0.15, 0.2) is 30.3 Å². The Morgan fingerprint density at radius 3 is 2.45 bits per heavy atom. The van der Waals surface area contributed by atoms with E-state index in [0.29, 0.717) is 21.9 Å². The van der Waals surface area contributed by atoms with Crippen molar-refractivity contribution in [2.75, 3.05) is 6.61 Å². The van der Waals surface area contributed by atoms with Crippen LogP contribution < -0.4 is 4.74 Å². The normalized spacial score (nSPS) is 10.1. The van der Waals surface area contributed by atoms with Gasteiger partial charge in [0.05, 0.1) is 16.7 Å². The minimum atomic E-state index is -0.0963. The molecular weight excluding hydrogens is 298 g/mol. The molecule has 0 saturated carbocycles. The van der Waals surface area contributed by atoms with Crippen molar-refractivity contribution in [1.29, 1.82) is 5.26 Å². The van der Waals surface area contributed by atoms with Crippen molar-refractivity contribution >= 4 is 17.4 Å². The number of rotatable bonds is 4. The van der Waals surface area contributed by atoms with Gasteiger partial charge >= 0.3 is 0 Å². The number of nitrogens with zero attached hydrogens (tertiary/aromatic N) is 1. The molecule has 0 aliphatic heterocycles. The number of carbonyl (C=O) groups is 1. The number of Topliss-reactive ketones (excluding diaryl/α,β-unsaturated/α-hetero) is 1. The Balaban J connectivity index is 2.14. The van der Waals surface area contributed by atoms with E-state index in [1.165, 1.54) is 6.07 Å². The maximum Gasteiger partial charge on any atom is 0.200 e. The fourth-order valence-corrected chi connectivity index (χ4v) is 2.40. The maximum absolute atomic E-state index is 12.3. The quantitative estimate of drug-likeness (QED) is 0.786. The van der Waals surface area contributed by atoms with Gasteiger partial charge in [0, 0.05) is 5.56 Å². The van der Waals surface area contributed by atoms with Gasteiger partial charge in [-0.05, 0) is 61.7 Å². The average Bonchev–Trinajstić information content (AvgIpc) is 2.49. The summed E-state index contributed by atoms with van der Waals surface area (Å²) in [7, 11) is 0. The summed E-state index contributed by atoms with van der Waals surface area (Å²) in [6.45, 7) is 5.82. The Kier molecular flexibility index (Phi) is 4.85. The molecule has 0 amide bonds. The number of nitriles is 1. The highest BCUT2D eigenvalue weighted by molar-refractivity contribution is 6.32. The molecule has 112 valence electrons. The third-order valence-electron chi connectivity index (χ3n) is 3.56. The third kappa shape index (κ3) is 3.47. The van der Waals surface area contributed by atoms with E-state index in [1.807, 2.05) is 39.0 Å². The van der Waals surface area contributed by atoms with Crippen molar-refractivity contribution in [2.45, 2.75) is 20.8 Å².